The zero-order valence-corrected chi connectivity index (χ0v) is 9.52. The van der Waals surface area contributed by atoms with Gasteiger partial charge in [-0.1, -0.05) is 0 Å². The molecule has 0 aliphatic heterocycles. The minimum atomic E-state index is -0.427. The molecule has 16 heavy (non-hydrogen) atoms. The minimum absolute atomic E-state index is 0.159. The molecule has 0 atom stereocenters. The van der Waals surface area contributed by atoms with E-state index in [0.717, 1.165) is 0 Å². The van der Waals surface area contributed by atoms with Crippen LogP contribution in [0.3, 0.4) is 0 Å². The summed E-state index contributed by atoms with van der Waals surface area (Å²) < 4.78 is 9.55. The number of esters is 2. The SMILES string of the molecule is COC(=O)c1ccc(C(=O)OC(C)C)cc1. The molecule has 0 radical (unpaired) electrons. The van der Waals surface area contributed by atoms with Crippen molar-refractivity contribution in [1.29, 1.82) is 0 Å². The van der Waals surface area contributed by atoms with E-state index < -0.39 is 11.9 Å². The third-order valence-electron chi connectivity index (χ3n) is 1.88. The lowest BCUT2D eigenvalue weighted by Crippen LogP contribution is -2.11. The second-order valence-corrected chi connectivity index (χ2v) is 3.52. The predicted molar refractivity (Wildman–Crippen MR) is 58.3 cm³/mol. The molecule has 0 heterocycles. The first-order valence-electron chi connectivity index (χ1n) is 4.94. The van der Waals surface area contributed by atoms with E-state index in [1.807, 2.05) is 0 Å². The smallest absolute Gasteiger partial charge is 0.338 e. The van der Waals surface area contributed by atoms with Crippen molar-refractivity contribution in [1.82, 2.24) is 0 Å². The number of carbonyl (C=O) groups is 2. The number of ether oxygens (including phenoxy) is 2. The van der Waals surface area contributed by atoms with Gasteiger partial charge < -0.3 is 9.47 Å². The Hall–Kier alpha value is -1.84. The molecule has 4 heteroatoms. The van der Waals surface area contributed by atoms with Crippen molar-refractivity contribution >= 4 is 11.9 Å². The van der Waals surface area contributed by atoms with E-state index in [9.17, 15) is 9.59 Å². The van der Waals surface area contributed by atoms with Crippen LogP contribution in [0.15, 0.2) is 24.3 Å². The summed E-state index contributed by atoms with van der Waals surface area (Å²) in [6, 6.07) is 6.14. The van der Waals surface area contributed by atoms with Gasteiger partial charge in [0.15, 0.2) is 0 Å². The number of rotatable bonds is 3. The van der Waals surface area contributed by atoms with Gasteiger partial charge in [-0.2, -0.15) is 0 Å². The summed E-state index contributed by atoms with van der Waals surface area (Å²) in [6.45, 7) is 3.56. The molecule has 4 nitrogen and oxygen atoms in total. The molecule has 0 N–H and O–H groups in total. The fourth-order valence-electron chi connectivity index (χ4n) is 1.14. The summed E-state index contributed by atoms with van der Waals surface area (Å²) >= 11 is 0. The summed E-state index contributed by atoms with van der Waals surface area (Å²) in [5, 5.41) is 0. The topological polar surface area (TPSA) is 52.6 Å². The first-order chi connectivity index (χ1) is 7.54. The number of hydrogen-bond acceptors (Lipinski definition) is 4. The Labute approximate surface area is 94.2 Å². The van der Waals surface area contributed by atoms with Gasteiger partial charge in [0.05, 0.1) is 24.3 Å². The highest BCUT2D eigenvalue weighted by Crippen LogP contribution is 2.08. The molecule has 0 aliphatic rings. The van der Waals surface area contributed by atoms with Crippen molar-refractivity contribution < 1.29 is 19.1 Å². The normalized spacial score (nSPS) is 10.0. The summed E-state index contributed by atoms with van der Waals surface area (Å²) in [5.41, 5.74) is 0.824. The Morgan fingerprint density at radius 1 is 1.00 bits per heavy atom. The van der Waals surface area contributed by atoms with Gasteiger partial charge >= 0.3 is 11.9 Å². The van der Waals surface area contributed by atoms with Crippen molar-refractivity contribution in [2.45, 2.75) is 20.0 Å². The Kier molecular flexibility index (Phi) is 4.05. The van der Waals surface area contributed by atoms with E-state index in [4.69, 9.17) is 4.74 Å². The molecular formula is C12H14O4. The van der Waals surface area contributed by atoms with Crippen molar-refractivity contribution in [2.24, 2.45) is 0 Å². The second-order valence-electron chi connectivity index (χ2n) is 3.52. The largest absolute Gasteiger partial charge is 0.465 e. The van der Waals surface area contributed by atoms with Crippen LogP contribution in [0.1, 0.15) is 34.6 Å². The molecule has 0 bridgehead atoms. The maximum atomic E-state index is 11.5. The molecule has 1 rings (SSSR count). The summed E-state index contributed by atoms with van der Waals surface area (Å²) in [4.78, 5) is 22.6. The fraction of sp³-hybridized carbons (Fsp3) is 0.333. The van der Waals surface area contributed by atoms with Crippen LogP contribution in [0.2, 0.25) is 0 Å². The molecule has 0 aromatic heterocycles. The zero-order valence-electron chi connectivity index (χ0n) is 9.52. The van der Waals surface area contributed by atoms with Crippen LogP contribution in [0.4, 0.5) is 0 Å². The summed E-state index contributed by atoms with van der Waals surface area (Å²) in [6.07, 6.45) is -0.159. The maximum absolute atomic E-state index is 11.5. The molecule has 0 saturated heterocycles. The molecule has 0 fully saturated rings. The number of hydrogen-bond donors (Lipinski definition) is 0. The fourth-order valence-corrected chi connectivity index (χ4v) is 1.14. The third kappa shape index (κ3) is 3.08. The lowest BCUT2D eigenvalue weighted by atomic mass is 10.1. The van der Waals surface area contributed by atoms with Crippen LogP contribution < -0.4 is 0 Å². The summed E-state index contributed by atoms with van der Waals surface area (Å²) in [5.74, 6) is -0.824. The van der Waals surface area contributed by atoms with Gasteiger partial charge in [0.25, 0.3) is 0 Å². The van der Waals surface area contributed by atoms with Crippen LogP contribution in [-0.2, 0) is 9.47 Å². The second kappa shape index (κ2) is 5.30. The lowest BCUT2D eigenvalue weighted by Gasteiger charge is -2.07. The average molecular weight is 222 g/mol. The molecule has 0 spiro atoms. The van der Waals surface area contributed by atoms with E-state index in [0.29, 0.717) is 11.1 Å². The van der Waals surface area contributed by atoms with Gasteiger partial charge in [0, 0.05) is 0 Å². The van der Waals surface area contributed by atoms with Crippen molar-refractivity contribution in [3.05, 3.63) is 35.4 Å². The highest BCUT2D eigenvalue weighted by atomic mass is 16.5. The maximum Gasteiger partial charge on any atom is 0.338 e. The van der Waals surface area contributed by atoms with Crippen LogP contribution in [0.5, 0.6) is 0 Å². The minimum Gasteiger partial charge on any atom is -0.465 e. The van der Waals surface area contributed by atoms with Gasteiger partial charge in [-0.3, -0.25) is 0 Å². The lowest BCUT2D eigenvalue weighted by molar-refractivity contribution is 0.0377. The highest BCUT2D eigenvalue weighted by Gasteiger charge is 2.10. The van der Waals surface area contributed by atoms with E-state index in [2.05, 4.69) is 4.74 Å². The van der Waals surface area contributed by atoms with Gasteiger partial charge in [0.1, 0.15) is 0 Å². The quantitative estimate of drug-likeness (QED) is 0.734. The van der Waals surface area contributed by atoms with E-state index in [1.54, 1.807) is 13.8 Å². The van der Waals surface area contributed by atoms with E-state index >= 15 is 0 Å². The third-order valence-corrected chi connectivity index (χ3v) is 1.88. The van der Waals surface area contributed by atoms with Crippen molar-refractivity contribution in [3.8, 4) is 0 Å². The molecule has 0 aliphatic carbocycles. The summed E-state index contributed by atoms with van der Waals surface area (Å²) in [7, 11) is 1.31. The van der Waals surface area contributed by atoms with Gasteiger partial charge in [-0.25, -0.2) is 9.59 Å². The average Bonchev–Trinajstić information content (AvgIpc) is 2.27. The van der Waals surface area contributed by atoms with Crippen molar-refractivity contribution in [2.75, 3.05) is 7.11 Å². The van der Waals surface area contributed by atoms with Crippen LogP contribution >= 0.6 is 0 Å². The Morgan fingerprint density at radius 2 is 1.44 bits per heavy atom. The Bertz CT molecular complexity index is 379. The standard InChI is InChI=1S/C12H14O4/c1-8(2)16-12(14)10-6-4-9(5-7-10)11(13)15-3/h4-8H,1-3H3. The molecule has 0 amide bonds. The number of benzene rings is 1. The monoisotopic (exact) mass is 222 g/mol. The van der Waals surface area contributed by atoms with Crippen LogP contribution in [-0.4, -0.2) is 25.2 Å². The molecule has 0 unspecified atom stereocenters. The van der Waals surface area contributed by atoms with Gasteiger partial charge in [0.2, 0.25) is 0 Å². The first kappa shape index (κ1) is 12.2. The van der Waals surface area contributed by atoms with Gasteiger partial charge in [-0.15, -0.1) is 0 Å². The molecular weight excluding hydrogens is 208 g/mol. The van der Waals surface area contributed by atoms with Crippen LogP contribution in [0.25, 0.3) is 0 Å². The molecule has 1 aromatic rings. The molecule has 86 valence electrons. The Balaban J connectivity index is 2.78. The van der Waals surface area contributed by atoms with Gasteiger partial charge in [-0.05, 0) is 38.1 Å². The zero-order chi connectivity index (χ0) is 12.1. The predicted octanol–water partition coefficient (Wildman–Crippen LogP) is 2.04. The first-order valence-corrected chi connectivity index (χ1v) is 4.94. The Morgan fingerprint density at radius 3 is 1.81 bits per heavy atom. The highest BCUT2D eigenvalue weighted by molar-refractivity contribution is 5.93. The molecule has 0 saturated carbocycles. The van der Waals surface area contributed by atoms with E-state index in [-0.39, 0.29) is 6.10 Å². The van der Waals surface area contributed by atoms with Crippen molar-refractivity contribution in [3.63, 3.8) is 0 Å². The number of carbonyl (C=O) groups excluding carboxylic acids is 2. The molecule has 1 aromatic carbocycles. The van der Waals surface area contributed by atoms with E-state index in [1.165, 1.54) is 31.4 Å². The number of methoxy groups -OCH3 is 1. The van der Waals surface area contributed by atoms with Crippen LogP contribution in [0, 0.1) is 0 Å².